The highest BCUT2D eigenvalue weighted by Gasteiger charge is 2.49. The van der Waals surface area contributed by atoms with Crippen molar-refractivity contribution in [2.45, 2.75) is 63.1 Å². The predicted molar refractivity (Wildman–Crippen MR) is 131 cm³/mol. The fourth-order valence-corrected chi connectivity index (χ4v) is 5.43. The first-order valence-electron chi connectivity index (χ1n) is 12.5. The summed E-state index contributed by atoms with van der Waals surface area (Å²) in [6.45, 7) is 0.786. The number of piperidine rings is 1. The second-order valence-electron chi connectivity index (χ2n) is 10.2. The molecule has 0 radical (unpaired) electrons. The molecule has 1 aliphatic heterocycles. The Balaban J connectivity index is 1.23. The number of aryl methyl sites for hydroxylation is 1. The second-order valence-corrected chi connectivity index (χ2v) is 10.2. The standard InChI is InChI=1S/C24H25F6N9/c1-12-32-18-3-2-16(33-21(18)38(12)11-24(28,29)30)14-4-7-39-19(14)20(31)35-22(36-39)34-17-5-6-37(10-15(17)25)13-8-23(26,27)9-13/h2-4,7,13,15,17H,5-6,8-11H2,1H3,(H3,31,34,35,36)/t15-,17+/m1/s1. The van der Waals surface area contributed by atoms with E-state index in [9.17, 15) is 26.3 Å². The molecule has 15 heteroatoms. The molecule has 3 N–H and O–H groups in total. The Hall–Kier alpha value is -3.62. The van der Waals surface area contributed by atoms with Crippen LogP contribution in [0.5, 0.6) is 0 Å². The number of imidazole rings is 1. The first kappa shape index (κ1) is 25.6. The van der Waals surface area contributed by atoms with E-state index >= 15 is 0 Å². The Bertz CT molecular complexity index is 1540. The molecule has 1 aliphatic carbocycles. The van der Waals surface area contributed by atoms with Gasteiger partial charge in [0.2, 0.25) is 5.95 Å². The fraction of sp³-hybridized carbons (Fsp3) is 0.500. The molecule has 2 fully saturated rings. The number of anilines is 2. The van der Waals surface area contributed by atoms with E-state index in [1.165, 1.54) is 11.4 Å². The first-order chi connectivity index (χ1) is 18.4. The molecule has 208 valence electrons. The van der Waals surface area contributed by atoms with Gasteiger partial charge >= 0.3 is 6.18 Å². The van der Waals surface area contributed by atoms with Gasteiger partial charge in [-0.15, -0.1) is 5.10 Å². The molecule has 0 unspecified atom stereocenters. The maximum atomic E-state index is 14.9. The molecule has 1 saturated carbocycles. The summed E-state index contributed by atoms with van der Waals surface area (Å²) in [5.41, 5.74) is 7.92. The van der Waals surface area contributed by atoms with Gasteiger partial charge in [0, 0.05) is 43.7 Å². The maximum Gasteiger partial charge on any atom is 0.406 e. The van der Waals surface area contributed by atoms with Crippen LogP contribution in [0.3, 0.4) is 0 Å². The first-order valence-corrected chi connectivity index (χ1v) is 12.5. The number of nitrogens with one attached hydrogen (secondary N) is 1. The molecule has 39 heavy (non-hydrogen) atoms. The van der Waals surface area contributed by atoms with Crippen LogP contribution in [0.1, 0.15) is 25.1 Å². The monoisotopic (exact) mass is 553 g/mol. The van der Waals surface area contributed by atoms with Crippen LogP contribution in [0.4, 0.5) is 38.1 Å². The van der Waals surface area contributed by atoms with Gasteiger partial charge in [-0.3, -0.25) is 4.90 Å². The van der Waals surface area contributed by atoms with Gasteiger partial charge in [-0.05, 0) is 31.5 Å². The number of hydrogen-bond donors (Lipinski definition) is 2. The van der Waals surface area contributed by atoms with Crippen molar-refractivity contribution in [2.75, 3.05) is 24.1 Å². The van der Waals surface area contributed by atoms with Crippen LogP contribution in [-0.4, -0.2) is 77.5 Å². The molecule has 5 heterocycles. The summed E-state index contributed by atoms with van der Waals surface area (Å²) in [5.74, 6) is -2.30. The minimum Gasteiger partial charge on any atom is -0.382 e. The molecule has 2 aliphatic rings. The van der Waals surface area contributed by atoms with Crippen molar-refractivity contribution in [1.82, 2.24) is 34.0 Å². The SMILES string of the molecule is Cc1nc2ccc(-c3ccn4nc(N[C@H]5CCN(C6CC(F)(F)C6)C[C@H]5F)nc(N)c34)nc2n1CC(F)(F)F. The topological polar surface area (TPSA) is 102 Å². The summed E-state index contributed by atoms with van der Waals surface area (Å²) in [4.78, 5) is 14.7. The maximum absolute atomic E-state index is 14.9. The van der Waals surface area contributed by atoms with Gasteiger partial charge in [0.25, 0.3) is 5.92 Å². The lowest BCUT2D eigenvalue weighted by molar-refractivity contribution is -0.140. The number of hydrogen-bond acceptors (Lipinski definition) is 7. The van der Waals surface area contributed by atoms with Gasteiger partial charge in [0.15, 0.2) is 11.5 Å². The number of halogens is 6. The molecule has 4 aromatic rings. The molecule has 0 spiro atoms. The van der Waals surface area contributed by atoms with Crippen LogP contribution in [0.25, 0.3) is 27.9 Å². The third kappa shape index (κ3) is 4.83. The Morgan fingerprint density at radius 2 is 1.90 bits per heavy atom. The number of aromatic nitrogens is 6. The molecule has 0 aromatic carbocycles. The highest BCUT2D eigenvalue weighted by Crippen LogP contribution is 2.41. The van der Waals surface area contributed by atoms with E-state index in [4.69, 9.17) is 5.73 Å². The minimum atomic E-state index is -4.44. The summed E-state index contributed by atoms with van der Waals surface area (Å²) in [7, 11) is 0. The molecular formula is C24H25F6N9. The lowest BCUT2D eigenvalue weighted by Gasteiger charge is -2.46. The van der Waals surface area contributed by atoms with Gasteiger partial charge in [-0.25, -0.2) is 27.7 Å². The van der Waals surface area contributed by atoms with Crippen molar-refractivity contribution in [2.24, 2.45) is 0 Å². The Morgan fingerprint density at radius 3 is 2.59 bits per heavy atom. The number of pyridine rings is 1. The summed E-state index contributed by atoms with van der Waals surface area (Å²) >= 11 is 0. The van der Waals surface area contributed by atoms with Gasteiger partial charge in [0.1, 0.15) is 29.6 Å². The number of nitrogen functional groups attached to an aromatic ring is 1. The highest BCUT2D eigenvalue weighted by atomic mass is 19.4. The third-order valence-electron chi connectivity index (χ3n) is 7.41. The van der Waals surface area contributed by atoms with E-state index in [0.29, 0.717) is 35.3 Å². The molecule has 0 amide bonds. The molecule has 1 saturated heterocycles. The Labute approximate surface area is 218 Å². The van der Waals surface area contributed by atoms with Crippen molar-refractivity contribution >= 4 is 28.4 Å². The van der Waals surface area contributed by atoms with Crippen LogP contribution in [-0.2, 0) is 6.54 Å². The number of nitrogens with two attached hydrogens (primary N) is 1. The fourth-order valence-electron chi connectivity index (χ4n) is 5.43. The number of fused-ring (bicyclic) bond motifs is 2. The molecule has 2 atom stereocenters. The number of nitrogens with zero attached hydrogens (tertiary/aromatic N) is 7. The zero-order valence-corrected chi connectivity index (χ0v) is 20.8. The summed E-state index contributed by atoms with van der Waals surface area (Å²) < 4.78 is 83.2. The van der Waals surface area contributed by atoms with Crippen LogP contribution >= 0.6 is 0 Å². The van der Waals surface area contributed by atoms with Crippen molar-refractivity contribution in [3.8, 4) is 11.3 Å². The molecular weight excluding hydrogens is 528 g/mol. The summed E-state index contributed by atoms with van der Waals surface area (Å²) in [6.07, 6.45) is -4.25. The zero-order valence-electron chi connectivity index (χ0n) is 20.8. The van der Waals surface area contributed by atoms with Crippen LogP contribution in [0.15, 0.2) is 24.4 Å². The number of rotatable bonds is 5. The third-order valence-corrected chi connectivity index (χ3v) is 7.41. The molecule has 0 bridgehead atoms. The van der Waals surface area contributed by atoms with E-state index in [1.807, 2.05) is 0 Å². The zero-order chi connectivity index (χ0) is 27.7. The van der Waals surface area contributed by atoms with E-state index in [1.54, 1.807) is 29.3 Å². The van der Waals surface area contributed by atoms with E-state index < -0.39 is 30.9 Å². The van der Waals surface area contributed by atoms with Gasteiger partial charge < -0.3 is 15.6 Å². The highest BCUT2D eigenvalue weighted by molar-refractivity contribution is 5.88. The van der Waals surface area contributed by atoms with Crippen LogP contribution < -0.4 is 11.1 Å². The largest absolute Gasteiger partial charge is 0.406 e. The lowest BCUT2D eigenvalue weighted by Crippen LogP contribution is -2.57. The van der Waals surface area contributed by atoms with Gasteiger partial charge in [-0.1, -0.05) is 0 Å². The minimum absolute atomic E-state index is 0.0440. The Morgan fingerprint density at radius 1 is 1.13 bits per heavy atom. The van der Waals surface area contributed by atoms with Crippen molar-refractivity contribution in [3.05, 3.63) is 30.2 Å². The van der Waals surface area contributed by atoms with Crippen LogP contribution in [0.2, 0.25) is 0 Å². The van der Waals surface area contributed by atoms with Crippen LogP contribution in [0, 0.1) is 6.92 Å². The van der Waals surface area contributed by atoms with Crippen molar-refractivity contribution in [3.63, 3.8) is 0 Å². The molecule has 4 aromatic heterocycles. The van der Waals surface area contributed by atoms with E-state index in [-0.39, 0.29) is 48.7 Å². The summed E-state index contributed by atoms with van der Waals surface area (Å²) in [6, 6.07) is 3.97. The molecule has 6 rings (SSSR count). The smallest absolute Gasteiger partial charge is 0.382 e. The van der Waals surface area contributed by atoms with Crippen molar-refractivity contribution in [1.29, 1.82) is 0 Å². The average Bonchev–Trinajstić information content (AvgIpc) is 3.39. The normalized spacial score (nSPS) is 22.4. The lowest BCUT2D eigenvalue weighted by atomic mass is 9.85. The van der Waals surface area contributed by atoms with E-state index in [2.05, 4.69) is 25.4 Å². The average molecular weight is 554 g/mol. The van der Waals surface area contributed by atoms with Gasteiger partial charge in [0.05, 0.1) is 11.7 Å². The number of alkyl halides is 6. The molecule has 9 nitrogen and oxygen atoms in total. The quantitative estimate of drug-likeness (QED) is 0.357. The van der Waals surface area contributed by atoms with Gasteiger partial charge in [-0.2, -0.15) is 18.2 Å². The number of likely N-dealkylation sites (tertiary alicyclic amines) is 1. The second kappa shape index (κ2) is 8.96. The summed E-state index contributed by atoms with van der Waals surface area (Å²) in [5, 5.41) is 7.36. The van der Waals surface area contributed by atoms with E-state index in [0.717, 1.165) is 4.57 Å². The Kier molecular flexibility index (Phi) is 5.89. The predicted octanol–water partition coefficient (Wildman–Crippen LogP) is 4.22. The van der Waals surface area contributed by atoms with Crippen molar-refractivity contribution < 1.29 is 26.3 Å².